The highest BCUT2D eigenvalue weighted by atomic mass is 16.5. The minimum Gasteiger partial charge on any atom is -0.504 e. The molecule has 17 heteroatoms. The van der Waals surface area contributed by atoms with E-state index in [-0.39, 0.29) is 51.0 Å². The molecule has 0 fully saturated rings. The molecule has 5 rings (SSSR count). The summed E-state index contributed by atoms with van der Waals surface area (Å²) >= 11 is 0. The van der Waals surface area contributed by atoms with Crippen LogP contribution < -0.4 is 42.8 Å². The van der Waals surface area contributed by atoms with Gasteiger partial charge in [-0.05, 0) is 123 Å². The Morgan fingerprint density at radius 3 is 1.56 bits per heavy atom. The van der Waals surface area contributed by atoms with Crippen LogP contribution in [0, 0.1) is 0 Å². The van der Waals surface area contributed by atoms with Crippen LogP contribution in [0.1, 0.15) is 72.1 Å². The number of aromatic carboxylic acids is 1. The molecule has 0 radical (unpaired) electrons. The third kappa shape index (κ3) is 11.2. The van der Waals surface area contributed by atoms with Gasteiger partial charge in [0.2, 0.25) is 11.8 Å². The second kappa shape index (κ2) is 18.6. The van der Waals surface area contributed by atoms with Crippen LogP contribution in [-0.4, -0.2) is 63.8 Å². The first kappa shape index (κ1) is 41.9. The molecule has 6 amide bonds. The van der Waals surface area contributed by atoms with Crippen LogP contribution in [0.25, 0.3) is 0 Å². The van der Waals surface area contributed by atoms with Crippen molar-refractivity contribution in [3.05, 3.63) is 137 Å². The number of ether oxygens (including phenoxy) is 1. The molecule has 0 aromatic heterocycles. The summed E-state index contributed by atoms with van der Waals surface area (Å²) in [5.74, 6) is -5.93. The van der Waals surface area contributed by atoms with E-state index in [0.29, 0.717) is 16.9 Å². The van der Waals surface area contributed by atoms with Gasteiger partial charge in [0.15, 0.2) is 11.5 Å². The largest absolute Gasteiger partial charge is 0.504 e. The molecule has 0 aliphatic heterocycles. The number of rotatable bonds is 15. The first-order chi connectivity index (χ1) is 28.1. The maximum absolute atomic E-state index is 13.3. The Balaban J connectivity index is 1.22. The number of phenolic OH excluding ortho intramolecular Hbond substituents is 1. The molecule has 0 bridgehead atoms. The number of nitrogens with one attached hydrogen (secondary N) is 5. The minimum absolute atomic E-state index is 0.0223. The molecule has 0 saturated carbocycles. The molecule has 17 nitrogen and oxygen atoms in total. The molecule has 0 heterocycles. The number of anilines is 5. The zero-order valence-electron chi connectivity index (χ0n) is 31.6. The maximum Gasteiger partial charge on any atom is 0.335 e. The van der Waals surface area contributed by atoms with Crippen LogP contribution in [0.15, 0.2) is 109 Å². The van der Waals surface area contributed by atoms with Gasteiger partial charge in [-0.15, -0.1) is 0 Å². The summed E-state index contributed by atoms with van der Waals surface area (Å²) < 4.78 is 5.76. The lowest BCUT2D eigenvalue weighted by Gasteiger charge is -2.19. The Hall–Kier alpha value is -8.21. The van der Waals surface area contributed by atoms with Gasteiger partial charge in [0.1, 0.15) is 6.04 Å². The lowest BCUT2D eigenvalue weighted by Crippen LogP contribution is -2.46. The average Bonchev–Trinajstić information content (AvgIpc) is 3.19. The molecule has 0 saturated heterocycles. The van der Waals surface area contributed by atoms with Gasteiger partial charge in [0.05, 0.1) is 29.3 Å². The summed E-state index contributed by atoms with van der Waals surface area (Å²) in [7, 11) is 0. The zero-order chi connectivity index (χ0) is 42.8. The molecule has 5 aromatic rings. The van der Waals surface area contributed by atoms with E-state index in [2.05, 4.69) is 26.6 Å². The van der Waals surface area contributed by atoms with E-state index in [1.807, 2.05) is 0 Å². The lowest BCUT2D eigenvalue weighted by molar-refractivity contribution is -0.123. The van der Waals surface area contributed by atoms with Crippen molar-refractivity contribution in [2.45, 2.75) is 32.4 Å². The predicted octanol–water partition coefficient (Wildman–Crippen LogP) is 4.83. The number of benzene rings is 5. The van der Waals surface area contributed by atoms with Gasteiger partial charge in [-0.1, -0.05) is 0 Å². The predicted molar refractivity (Wildman–Crippen MR) is 219 cm³/mol. The van der Waals surface area contributed by atoms with E-state index in [1.54, 1.807) is 38.1 Å². The fourth-order valence-electron chi connectivity index (χ4n) is 5.43. The number of aromatic hydroxyl groups is 1. The standard InChI is InChI=1S/C42H39N7O10/c1-22(2)59-36-32(20-19-31(35(36)51)40(55)46-29-17-9-26(10-18-29)42(57)58)48-38(53)24-7-15-30(16-8-24)47-41(56)33(21-34(44)50)49-39(54)25-5-13-28(14-6-25)45-37(52)23-3-11-27(43)12-4-23/h3-20,22,33,51H,21,43H2,1-2H3,(H2,44,50)(H,45,52)(H,46,55)(H,47,56)(H,48,53)(H,49,54)(H,57,58)/t33-/m0/s1. The number of hydrogen-bond acceptors (Lipinski definition) is 10. The van der Waals surface area contributed by atoms with Crippen LogP contribution in [-0.2, 0) is 9.59 Å². The number of carbonyl (C=O) groups is 7. The van der Waals surface area contributed by atoms with E-state index in [4.69, 9.17) is 21.3 Å². The maximum atomic E-state index is 13.3. The smallest absolute Gasteiger partial charge is 0.335 e. The van der Waals surface area contributed by atoms with Crippen LogP contribution >= 0.6 is 0 Å². The van der Waals surface area contributed by atoms with Crippen LogP contribution in [0.2, 0.25) is 0 Å². The monoisotopic (exact) mass is 801 g/mol. The Labute approximate surface area is 336 Å². The van der Waals surface area contributed by atoms with E-state index in [1.165, 1.54) is 84.9 Å². The number of carboxylic acid groups (broad SMARTS) is 1. The van der Waals surface area contributed by atoms with Crippen molar-refractivity contribution in [1.29, 1.82) is 0 Å². The minimum atomic E-state index is -1.37. The lowest BCUT2D eigenvalue weighted by atomic mass is 10.1. The molecular weight excluding hydrogens is 763 g/mol. The fourth-order valence-corrected chi connectivity index (χ4v) is 5.43. The van der Waals surface area contributed by atoms with Crippen molar-refractivity contribution < 1.29 is 48.5 Å². The van der Waals surface area contributed by atoms with Crippen molar-refractivity contribution in [1.82, 2.24) is 5.32 Å². The number of phenols is 1. The Bertz CT molecular complexity index is 2400. The fraction of sp³-hybridized carbons (Fsp3) is 0.119. The summed E-state index contributed by atoms with van der Waals surface area (Å²) in [6.45, 7) is 3.36. The summed E-state index contributed by atoms with van der Waals surface area (Å²) in [5, 5.41) is 33.2. The van der Waals surface area contributed by atoms with Crippen molar-refractivity contribution in [2.75, 3.05) is 27.0 Å². The molecular formula is C42H39N7O10. The summed E-state index contributed by atoms with van der Waals surface area (Å²) in [5.41, 5.74) is 13.0. The second-order valence-electron chi connectivity index (χ2n) is 13.2. The van der Waals surface area contributed by atoms with Crippen molar-refractivity contribution >= 4 is 69.8 Å². The molecule has 11 N–H and O–H groups in total. The first-order valence-corrected chi connectivity index (χ1v) is 17.8. The van der Waals surface area contributed by atoms with Gasteiger partial charge in [0.25, 0.3) is 23.6 Å². The molecule has 1 atom stereocenters. The summed E-state index contributed by atoms with van der Waals surface area (Å²) in [4.78, 5) is 88.1. The molecule has 0 unspecified atom stereocenters. The third-order valence-electron chi connectivity index (χ3n) is 8.39. The van der Waals surface area contributed by atoms with E-state index in [9.17, 15) is 38.7 Å². The van der Waals surface area contributed by atoms with Crippen LogP contribution in [0.4, 0.5) is 28.4 Å². The Kier molecular flexibility index (Phi) is 13.2. The number of nitrogen functional groups attached to an aromatic ring is 1. The first-order valence-electron chi connectivity index (χ1n) is 17.8. The third-order valence-corrected chi connectivity index (χ3v) is 8.39. The van der Waals surface area contributed by atoms with E-state index >= 15 is 0 Å². The van der Waals surface area contributed by atoms with Crippen LogP contribution in [0.3, 0.4) is 0 Å². The van der Waals surface area contributed by atoms with E-state index < -0.39 is 59.8 Å². The molecule has 0 aliphatic carbocycles. The van der Waals surface area contributed by atoms with Crippen molar-refractivity contribution in [3.63, 3.8) is 0 Å². The van der Waals surface area contributed by atoms with E-state index in [0.717, 1.165) is 0 Å². The Morgan fingerprint density at radius 2 is 1.05 bits per heavy atom. The number of carboxylic acids is 1. The number of carbonyl (C=O) groups excluding carboxylic acids is 6. The van der Waals surface area contributed by atoms with Crippen molar-refractivity contribution in [2.24, 2.45) is 5.73 Å². The zero-order valence-corrected chi connectivity index (χ0v) is 31.6. The molecule has 0 spiro atoms. The normalized spacial score (nSPS) is 11.1. The van der Waals surface area contributed by atoms with Crippen molar-refractivity contribution in [3.8, 4) is 11.5 Å². The highest BCUT2D eigenvalue weighted by Crippen LogP contribution is 2.39. The molecule has 302 valence electrons. The molecule has 5 aromatic carbocycles. The number of amides is 6. The van der Waals surface area contributed by atoms with Gasteiger partial charge in [0, 0.05) is 39.4 Å². The topological polar surface area (TPSA) is 281 Å². The van der Waals surface area contributed by atoms with Gasteiger partial charge >= 0.3 is 5.97 Å². The quantitative estimate of drug-likeness (QED) is 0.0647. The highest BCUT2D eigenvalue weighted by Gasteiger charge is 2.25. The number of nitrogens with two attached hydrogens (primary N) is 2. The molecule has 59 heavy (non-hydrogen) atoms. The van der Waals surface area contributed by atoms with Gasteiger partial charge in [-0.3, -0.25) is 28.8 Å². The number of hydrogen-bond donors (Lipinski definition) is 9. The highest BCUT2D eigenvalue weighted by molar-refractivity contribution is 6.10. The molecule has 0 aliphatic rings. The van der Waals surface area contributed by atoms with Crippen LogP contribution in [0.5, 0.6) is 11.5 Å². The summed E-state index contributed by atoms with van der Waals surface area (Å²) in [6, 6.07) is 24.4. The summed E-state index contributed by atoms with van der Waals surface area (Å²) in [6.07, 6.45) is -1.01. The van der Waals surface area contributed by atoms with Gasteiger partial charge in [-0.25, -0.2) is 4.79 Å². The Morgan fingerprint density at radius 1 is 0.593 bits per heavy atom. The average molecular weight is 802 g/mol. The van der Waals surface area contributed by atoms with Gasteiger partial charge in [-0.2, -0.15) is 0 Å². The second-order valence-corrected chi connectivity index (χ2v) is 13.2. The number of primary amides is 1. The SMILES string of the molecule is CC(C)Oc1c(NC(=O)c2ccc(NC(=O)[C@H](CC(N)=O)NC(=O)c3ccc(NC(=O)c4ccc(N)cc4)cc3)cc2)ccc(C(=O)Nc2ccc(C(=O)O)cc2)c1O. The van der Waals surface area contributed by atoms with Gasteiger partial charge < -0.3 is 53.0 Å².